The van der Waals surface area contributed by atoms with Gasteiger partial charge < -0.3 is 14.2 Å². The van der Waals surface area contributed by atoms with Crippen LogP contribution in [-0.2, 0) is 68.6 Å². The van der Waals surface area contributed by atoms with Gasteiger partial charge in [0.2, 0.25) is 0 Å². The van der Waals surface area contributed by atoms with E-state index in [1.165, 1.54) is 77.9 Å². The van der Waals surface area contributed by atoms with Gasteiger partial charge in [0, 0.05) is 0 Å². The van der Waals surface area contributed by atoms with Gasteiger partial charge in [-0.1, -0.05) is 54.6 Å². The van der Waals surface area contributed by atoms with Crippen LogP contribution < -0.4 is 0 Å². The first kappa shape index (κ1) is 49.1. The minimum atomic E-state index is -4.77. The summed E-state index contributed by atoms with van der Waals surface area (Å²) in [6, 6.07) is 22.7. The maximum Gasteiger partial charge on any atom is 0.475 e. The zero-order chi connectivity index (χ0) is 43.8. The Balaban J connectivity index is 2.11. The van der Waals surface area contributed by atoms with Crippen molar-refractivity contribution in [3.63, 3.8) is 0 Å². The molecular weight excluding hydrogens is 849 g/mol. The highest BCUT2D eigenvalue weighted by Crippen LogP contribution is 2.59. The second kappa shape index (κ2) is 23.6. The largest absolute Gasteiger partial charge is 0.475 e. The topological polar surface area (TPSA) is 213 Å². The average Bonchev–Trinajstić information content (AvgIpc) is 3.23. The van der Waals surface area contributed by atoms with Crippen LogP contribution in [0.1, 0.15) is 72.6 Å². The Morgan fingerprint density at radius 2 is 0.567 bits per heavy atom. The molecule has 1 aliphatic carbocycles. The van der Waals surface area contributed by atoms with Crippen LogP contribution in [0.5, 0.6) is 0 Å². The summed E-state index contributed by atoms with van der Waals surface area (Å²) in [5.41, 5.74) is -0.0476. The molecule has 0 saturated heterocycles. The number of ether oxygens (including phenoxy) is 3. The van der Waals surface area contributed by atoms with Crippen LogP contribution >= 0.6 is 23.5 Å². The van der Waals surface area contributed by atoms with Crippen molar-refractivity contribution in [2.75, 3.05) is 39.6 Å². The summed E-state index contributed by atoms with van der Waals surface area (Å²) >= 11 is 0. The minimum absolute atomic E-state index is 0.0117. The van der Waals surface area contributed by atoms with Crippen molar-refractivity contribution >= 4 is 41.4 Å². The monoisotopic (exact) mass is 900 g/mol. The lowest BCUT2D eigenvalue weighted by atomic mass is 9.84. The van der Waals surface area contributed by atoms with E-state index in [1.807, 2.05) is 0 Å². The molecule has 330 valence electrons. The molecule has 3 aromatic rings. The van der Waals surface area contributed by atoms with Crippen LogP contribution in [0.2, 0.25) is 0 Å². The Labute approximate surface area is 349 Å². The highest BCUT2D eigenvalue weighted by molar-refractivity contribution is 7.49. The van der Waals surface area contributed by atoms with Crippen LogP contribution in [0, 0.1) is 0 Å². The molecule has 21 heteroatoms. The smallest absolute Gasteiger partial charge is 0.453 e. The van der Waals surface area contributed by atoms with Crippen molar-refractivity contribution in [3.05, 3.63) is 108 Å². The summed E-state index contributed by atoms with van der Waals surface area (Å²) in [5.74, 6) is -3.15. The third kappa shape index (κ3) is 13.4. The molecule has 0 aromatic heterocycles. The highest BCUT2D eigenvalue weighted by atomic mass is 31.2. The summed E-state index contributed by atoms with van der Waals surface area (Å²) in [5, 5.41) is 0. The normalized spacial score (nSPS) is 20.9. The number of phosphoric ester groups is 3. The van der Waals surface area contributed by atoms with Gasteiger partial charge in [-0.25, -0.2) is 28.1 Å². The fraction of sp³-hybridized carbons (Fsp3) is 0.462. The van der Waals surface area contributed by atoms with E-state index in [0.29, 0.717) is 0 Å². The fourth-order valence-electron chi connectivity index (χ4n) is 5.87. The van der Waals surface area contributed by atoms with Gasteiger partial charge in [0.05, 0.1) is 56.3 Å². The standard InChI is InChI=1S/C39H51O18P3/c1-7-46-58(43,47-8-2)55-34-31(52-37(40)28-22-16-13-17-23-28)32(53-38(41)29-24-18-14-19-25-29)35(56-59(44,48-9-3)49-10-4)36(57-60(45,50-11-5)51-12-6)33(34)54-39(42)30-26-20-15-21-27-30/h13-27,31-36H,7-12H2,1-6H3/t31-,32+,33+,34-,35-,36-/m0/s1. The number of esters is 3. The Morgan fingerprint density at radius 3 is 0.783 bits per heavy atom. The Bertz CT molecular complexity index is 1920. The number of carbonyl (C=O) groups excluding carboxylic acids is 3. The molecule has 3 aromatic carbocycles. The summed E-state index contributed by atoms with van der Waals surface area (Å²) in [4.78, 5) is 42.3. The van der Waals surface area contributed by atoms with E-state index in [2.05, 4.69) is 0 Å². The van der Waals surface area contributed by atoms with Crippen LogP contribution in [0.3, 0.4) is 0 Å². The third-order valence-corrected chi connectivity index (χ3v) is 13.1. The van der Waals surface area contributed by atoms with Gasteiger partial charge in [0.15, 0.2) is 18.3 Å². The molecule has 0 spiro atoms. The third-order valence-electron chi connectivity index (χ3n) is 8.18. The van der Waals surface area contributed by atoms with Crippen molar-refractivity contribution in [3.8, 4) is 0 Å². The molecule has 1 fully saturated rings. The van der Waals surface area contributed by atoms with E-state index in [4.69, 9.17) is 54.9 Å². The molecule has 18 nitrogen and oxygen atoms in total. The van der Waals surface area contributed by atoms with Crippen LogP contribution in [0.4, 0.5) is 0 Å². The number of rotatable bonds is 24. The molecule has 0 N–H and O–H groups in total. The lowest BCUT2D eigenvalue weighted by molar-refractivity contribution is -0.215. The zero-order valence-electron chi connectivity index (χ0n) is 34.1. The van der Waals surface area contributed by atoms with Crippen molar-refractivity contribution in [2.24, 2.45) is 0 Å². The molecule has 1 saturated carbocycles. The highest BCUT2D eigenvalue weighted by Gasteiger charge is 2.63. The predicted molar refractivity (Wildman–Crippen MR) is 214 cm³/mol. The van der Waals surface area contributed by atoms with Crippen molar-refractivity contribution in [1.82, 2.24) is 0 Å². The van der Waals surface area contributed by atoms with Gasteiger partial charge in [-0.2, -0.15) is 0 Å². The van der Waals surface area contributed by atoms with Crippen molar-refractivity contribution in [1.29, 1.82) is 0 Å². The quantitative estimate of drug-likeness (QED) is 0.0469. The Morgan fingerprint density at radius 1 is 0.367 bits per heavy atom. The minimum Gasteiger partial charge on any atom is -0.453 e. The van der Waals surface area contributed by atoms with Gasteiger partial charge in [-0.15, -0.1) is 0 Å². The van der Waals surface area contributed by atoms with Crippen molar-refractivity contribution in [2.45, 2.75) is 78.2 Å². The second-order valence-corrected chi connectivity index (χ2v) is 17.1. The van der Waals surface area contributed by atoms with Crippen LogP contribution in [-0.4, -0.2) is 94.2 Å². The molecule has 0 amide bonds. The average molecular weight is 901 g/mol. The lowest BCUT2D eigenvalue weighted by Crippen LogP contribution is -2.68. The molecule has 60 heavy (non-hydrogen) atoms. The SMILES string of the molecule is CCOP(=O)(OCC)O[C@@H]1[C@@H](OC(=O)c2ccccc2)[C@H](OP(=O)(OCC)OCC)[C@@H](OP(=O)(OCC)OCC)[C@H](OC(=O)c2ccccc2)[C@@H]1OC(=O)c1ccccc1. The van der Waals surface area contributed by atoms with E-state index in [1.54, 1.807) is 54.6 Å². The molecule has 0 heterocycles. The molecule has 0 unspecified atom stereocenters. The number of hydrogen-bond donors (Lipinski definition) is 0. The molecule has 0 bridgehead atoms. The van der Waals surface area contributed by atoms with E-state index in [0.717, 1.165) is 0 Å². The van der Waals surface area contributed by atoms with E-state index < -0.39 is 78.0 Å². The summed E-state index contributed by atoms with van der Waals surface area (Å²) in [6.07, 6.45) is -12.4. The molecule has 4 rings (SSSR count). The second-order valence-electron chi connectivity index (χ2n) is 12.3. The van der Waals surface area contributed by atoms with Crippen molar-refractivity contribution < 1.29 is 83.0 Å². The Hall–Kier alpha value is -3.60. The van der Waals surface area contributed by atoms with E-state index in [9.17, 15) is 28.1 Å². The van der Waals surface area contributed by atoms with Gasteiger partial charge in [-0.3, -0.25) is 40.7 Å². The number of carbonyl (C=O) groups is 3. The molecule has 0 radical (unpaired) electrons. The Kier molecular flexibility index (Phi) is 19.3. The summed E-state index contributed by atoms with van der Waals surface area (Å²) < 4.78 is 113. The number of phosphoric acid groups is 3. The van der Waals surface area contributed by atoms with Gasteiger partial charge in [-0.05, 0) is 77.9 Å². The first-order chi connectivity index (χ1) is 28.8. The summed E-state index contributed by atoms with van der Waals surface area (Å²) in [6.45, 7) is 7.53. The lowest BCUT2D eigenvalue weighted by Gasteiger charge is -2.48. The van der Waals surface area contributed by atoms with Gasteiger partial charge in [0.1, 0.15) is 18.3 Å². The molecule has 6 atom stereocenters. The first-order valence-electron chi connectivity index (χ1n) is 19.3. The van der Waals surface area contributed by atoms with Gasteiger partial charge >= 0.3 is 41.4 Å². The number of hydrogen-bond acceptors (Lipinski definition) is 18. The predicted octanol–water partition coefficient (Wildman–Crippen LogP) is 8.38. The summed E-state index contributed by atoms with van der Waals surface area (Å²) in [7, 11) is -14.3. The van der Waals surface area contributed by atoms with Crippen LogP contribution in [0.25, 0.3) is 0 Å². The van der Waals surface area contributed by atoms with E-state index >= 15 is 0 Å². The molecule has 0 aliphatic heterocycles. The zero-order valence-corrected chi connectivity index (χ0v) is 36.7. The van der Waals surface area contributed by atoms with E-state index in [-0.39, 0.29) is 56.3 Å². The molecular formula is C39H51O18P3. The number of benzene rings is 3. The maximum absolute atomic E-state index is 14.4. The van der Waals surface area contributed by atoms with Crippen LogP contribution in [0.15, 0.2) is 91.0 Å². The molecule has 1 aliphatic rings. The van der Waals surface area contributed by atoms with Gasteiger partial charge in [0.25, 0.3) is 0 Å². The fourth-order valence-corrected chi connectivity index (χ4v) is 9.97. The first-order valence-corrected chi connectivity index (χ1v) is 23.7. The maximum atomic E-state index is 14.4.